The number of nitrogens with two attached hydrogens (primary N) is 1. The molecule has 1 rings (SSSR count). The summed E-state index contributed by atoms with van der Waals surface area (Å²) in [5.41, 5.74) is 3.50. The molecule has 0 amide bonds. The van der Waals surface area contributed by atoms with Crippen LogP contribution in [0.5, 0.6) is 11.5 Å². The van der Waals surface area contributed by atoms with E-state index >= 15 is 0 Å². The minimum atomic E-state index is 0.436. The molecule has 5 nitrogen and oxygen atoms in total. The molecule has 0 heterocycles. The monoisotopic (exact) mass is 255 g/mol. The Hall–Kier alpha value is -1.53. The zero-order valence-corrected chi connectivity index (χ0v) is 10.8. The molecule has 0 saturated carbocycles. The summed E-state index contributed by atoms with van der Waals surface area (Å²) < 4.78 is 10.4. The molecule has 94 valence electrons. The molecule has 1 aromatic rings. The average Bonchev–Trinajstić information content (AvgIpc) is 2.38. The Labute approximate surface area is 106 Å². The van der Waals surface area contributed by atoms with E-state index in [1.54, 1.807) is 14.2 Å². The van der Waals surface area contributed by atoms with Crippen LogP contribution in [0.1, 0.15) is 5.56 Å². The Morgan fingerprint density at radius 3 is 2.59 bits per heavy atom. The van der Waals surface area contributed by atoms with Gasteiger partial charge < -0.3 is 20.2 Å². The van der Waals surface area contributed by atoms with Crippen LogP contribution in [-0.4, -0.2) is 25.9 Å². The Morgan fingerprint density at radius 2 is 2.00 bits per heavy atom. The highest BCUT2D eigenvalue weighted by Gasteiger charge is 2.04. The maximum atomic E-state index is 5.22. The molecule has 0 fully saturated rings. The molecule has 0 unspecified atom stereocenters. The molecule has 0 aliphatic heterocycles. The van der Waals surface area contributed by atoms with Crippen LogP contribution in [0.4, 0.5) is 0 Å². The molecule has 0 bridgehead atoms. The van der Waals surface area contributed by atoms with E-state index in [-0.39, 0.29) is 0 Å². The fourth-order valence-electron chi connectivity index (χ4n) is 1.41. The number of benzene rings is 1. The fourth-order valence-corrected chi connectivity index (χ4v) is 1.51. The van der Waals surface area contributed by atoms with Gasteiger partial charge in [-0.25, -0.2) is 5.84 Å². The van der Waals surface area contributed by atoms with Gasteiger partial charge in [0.05, 0.1) is 14.2 Å². The predicted octanol–water partition coefficient (Wildman–Crippen LogP) is 0.584. The highest BCUT2D eigenvalue weighted by atomic mass is 32.1. The lowest BCUT2D eigenvalue weighted by atomic mass is 10.1. The Bertz CT molecular complexity index is 385. The summed E-state index contributed by atoms with van der Waals surface area (Å²) in [7, 11) is 3.23. The SMILES string of the molecule is COc1ccc(CCNC(=S)NN)cc1OC. The van der Waals surface area contributed by atoms with E-state index < -0.39 is 0 Å². The number of hydrazine groups is 1. The Balaban J connectivity index is 2.57. The summed E-state index contributed by atoms with van der Waals surface area (Å²) in [6.07, 6.45) is 0.822. The van der Waals surface area contributed by atoms with E-state index in [2.05, 4.69) is 10.7 Å². The summed E-state index contributed by atoms with van der Waals surface area (Å²) in [6.45, 7) is 0.707. The lowest BCUT2D eigenvalue weighted by Crippen LogP contribution is -2.40. The van der Waals surface area contributed by atoms with Crippen LogP contribution in [0.25, 0.3) is 0 Å². The Morgan fingerprint density at radius 1 is 1.29 bits per heavy atom. The fraction of sp³-hybridized carbons (Fsp3) is 0.364. The van der Waals surface area contributed by atoms with Crippen molar-refractivity contribution in [2.45, 2.75) is 6.42 Å². The third kappa shape index (κ3) is 4.08. The number of nitrogens with one attached hydrogen (secondary N) is 2. The number of thiocarbonyl (C=S) groups is 1. The van der Waals surface area contributed by atoms with E-state index in [4.69, 9.17) is 27.5 Å². The first-order valence-corrected chi connectivity index (χ1v) is 5.57. The molecule has 0 saturated heterocycles. The first-order chi connectivity index (χ1) is 8.21. The topological polar surface area (TPSA) is 68.5 Å². The molecule has 0 aliphatic carbocycles. The summed E-state index contributed by atoms with van der Waals surface area (Å²) in [5, 5.41) is 3.41. The van der Waals surface area contributed by atoms with Crippen LogP contribution in [0, 0.1) is 0 Å². The number of methoxy groups -OCH3 is 2. The van der Waals surface area contributed by atoms with Crippen LogP contribution in [0.2, 0.25) is 0 Å². The van der Waals surface area contributed by atoms with Gasteiger partial charge in [0, 0.05) is 6.54 Å². The van der Waals surface area contributed by atoms with E-state index in [1.165, 1.54) is 0 Å². The van der Waals surface area contributed by atoms with Crippen LogP contribution in [-0.2, 0) is 6.42 Å². The van der Waals surface area contributed by atoms with Gasteiger partial charge in [-0.05, 0) is 36.3 Å². The molecule has 0 aromatic heterocycles. The van der Waals surface area contributed by atoms with E-state index in [0.717, 1.165) is 23.5 Å². The molecule has 0 radical (unpaired) electrons. The van der Waals surface area contributed by atoms with Gasteiger partial charge in [-0.3, -0.25) is 0 Å². The van der Waals surface area contributed by atoms with Crippen molar-refractivity contribution in [3.05, 3.63) is 23.8 Å². The zero-order valence-electron chi connectivity index (χ0n) is 9.95. The third-order valence-corrected chi connectivity index (χ3v) is 2.54. The summed E-state index contributed by atoms with van der Waals surface area (Å²) in [6, 6.07) is 5.81. The zero-order chi connectivity index (χ0) is 12.7. The number of hydrogen-bond acceptors (Lipinski definition) is 4. The first kappa shape index (κ1) is 13.5. The van der Waals surface area contributed by atoms with Crippen LogP contribution >= 0.6 is 12.2 Å². The molecule has 0 spiro atoms. The van der Waals surface area contributed by atoms with Crippen molar-refractivity contribution < 1.29 is 9.47 Å². The lowest BCUT2D eigenvalue weighted by molar-refractivity contribution is 0.354. The normalized spacial score (nSPS) is 9.59. The van der Waals surface area contributed by atoms with Crippen LogP contribution < -0.4 is 26.1 Å². The van der Waals surface area contributed by atoms with Crippen LogP contribution in [0.3, 0.4) is 0 Å². The molecule has 0 atom stereocenters. The van der Waals surface area contributed by atoms with Crippen molar-refractivity contribution in [1.82, 2.24) is 10.7 Å². The predicted molar refractivity (Wildman–Crippen MR) is 71.2 cm³/mol. The van der Waals surface area contributed by atoms with Gasteiger partial charge in [-0.15, -0.1) is 0 Å². The molecule has 1 aromatic carbocycles. The van der Waals surface area contributed by atoms with E-state index in [9.17, 15) is 0 Å². The highest BCUT2D eigenvalue weighted by Crippen LogP contribution is 2.27. The van der Waals surface area contributed by atoms with Gasteiger partial charge in [-0.2, -0.15) is 0 Å². The minimum Gasteiger partial charge on any atom is -0.493 e. The van der Waals surface area contributed by atoms with Gasteiger partial charge in [-0.1, -0.05) is 6.07 Å². The van der Waals surface area contributed by atoms with Crippen molar-refractivity contribution in [3.63, 3.8) is 0 Å². The number of ether oxygens (including phenoxy) is 2. The standard InChI is InChI=1S/C11H17N3O2S/c1-15-9-4-3-8(7-10(9)16-2)5-6-13-11(17)14-12/h3-4,7H,5-6,12H2,1-2H3,(H2,13,14,17). The molecular weight excluding hydrogens is 238 g/mol. The number of hydrogen-bond donors (Lipinski definition) is 3. The molecule has 0 aliphatic rings. The van der Waals surface area contributed by atoms with Gasteiger partial charge in [0.2, 0.25) is 0 Å². The van der Waals surface area contributed by atoms with Crippen molar-refractivity contribution in [1.29, 1.82) is 0 Å². The van der Waals surface area contributed by atoms with Gasteiger partial charge in [0.1, 0.15) is 0 Å². The third-order valence-electron chi connectivity index (χ3n) is 2.28. The quantitative estimate of drug-likeness (QED) is 0.406. The van der Waals surface area contributed by atoms with Crippen LogP contribution in [0.15, 0.2) is 18.2 Å². The minimum absolute atomic E-state index is 0.436. The van der Waals surface area contributed by atoms with Crippen molar-refractivity contribution in [2.75, 3.05) is 20.8 Å². The largest absolute Gasteiger partial charge is 0.493 e. The summed E-state index contributed by atoms with van der Waals surface area (Å²) >= 11 is 4.87. The van der Waals surface area contributed by atoms with Gasteiger partial charge in [0.25, 0.3) is 0 Å². The highest BCUT2D eigenvalue weighted by molar-refractivity contribution is 7.80. The van der Waals surface area contributed by atoms with Gasteiger partial charge >= 0.3 is 0 Å². The second-order valence-electron chi connectivity index (χ2n) is 3.34. The average molecular weight is 255 g/mol. The summed E-state index contributed by atoms with van der Waals surface area (Å²) in [5.74, 6) is 6.60. The second-order valence-corrected chi connectivity index (χ2v) is 3.75. The van der Waals surface area contributed by atoms with Crippen molar-refractivity contribution >= 4 is 17.3 Å². The van der Waals surface area contributed by atoms with Crippen molar-refractivity contribution in [2.24, 2.45) is 5.84 Å². The molecule has 17 heavy (non-hydrogen) atoms. The smallest absolute Gasteiger partial charge is 0.180 e. The molecule has 6 heteroatoms. The van der Waals surface area contributed by atoms with E-state index in [1.807, 2.05) is 18.2 Å². The molecule has 4 N–H and O–H groups in total. The first-order valence-electron chi connectivity index (χ1n) is 5.16. The number of rotatable bonds is 5. The Kier molecular flexibility index (Phi) is 5.51. The maximum Gasteiger partial charge on any atom is 0.180 e. The van der Waals surface area contributed by atoms with Crippen molar-refractivity contribution in [3.8, 4) is 11.5 Å². The molecular formula is C11H17N3O2S. The summed E-state index contributed by atoms with van der Waals surface area (Å²) in [4.78, 5) is 0. The van der Waals surface area contributed by atoms with Gasteiger partial charge in [0.15, 0.2) is 16.6 Å². The lowest BCUT2D eigenvalue weighted by Gasteiger charge is -2.10. The maximum absolute atomic E-state index is 5.22. The van der Waals surface area contributed by atoms with E-state index in [0.29, 0.717) is 11.7 Å². The second kappa shape index (κ2) is 6.93.